The molecule has 0 amide bonds. The van der Waals surface area contributed by atoms with Crippen molar-refractivity contribution >= 4 is 16.6 Å². The molecule has 5 nitrogen and oxygen atoms in total. The number of benzene rings is 2. The van der Waals surface area contributed by atoms with Gasteiger partial charge in [0.1, 0.15) is 18.2 Å². The third-order valence-electron chi connectivity index (χ3n) is 6.12. The summed E-state index contributed by atoms with van der Waals surface area (Å²) in [4.78, 5) is 10.1. The average Bonchev–Trinajstić information content (AvgIpc) is 2.82. The number of fused-ring (bicyclic) bond motifs is 1. The first-order chi connectivity index (χ1) is 15.1. The van der Waals surface area contributed by atoms with Crippen LogP contribution in [0.15, 0.2) is 48.5 Å². The minimum absolute atomic E-state index is 0.0141. The fraction of sp³-hybridized carbons (Fsp3) is 0.423. The van der Waals surface area contributed by atoms with E-state index in [1.165, 1.54) is 10.8 Å². The quantitative estimate of drug-likeness (QED) is 0.609. The fourth-order valence-corrected chi connectivity index (χ4v) is 4.29. The van der Waals surface area contributed by atoms with Crippen LogP contribution in [0.4, 0.5) is 5.82 Å². The molecule has 0 atom stereocenters. The molecule has 31 heavy (non-hydrogen) atoms. The van der Waals surface area contributed by atoms with Crippen molar-refractivity contribution in [2.45, 2.75) is 26.7 Å². The molecular weight excluding hydrogens is 386 g/mol. The van der Waals surface area contributed by atoms with Crippen LogP contribution in [0.2, 0.25) is 0 Å². The summed E-state index contributed by atoms with van der Waals surface area (Å²) in [7, 11) is 0. The van der Waals surface area contributed by atoms with Crippen LogP contribution in [0.3, 0.4) is 0 Å². The Labute approximate surface area is 185 Å². The summed E-state index contributed by atoms with van der Waals surface area (Å²) in [5.41, 5.74) is 3.22. The average molecular weight is 420 g/mol. The summed E-state index contributed by atoms with van der Waals surface area (Å²) in [6, 6.07) is 17.0. The lowest BCUT2D eigenvalue weighted by Gasteiger charge is -2.35. The summed E-state index contributed by atoms with van der Waals surface area (Å²) >= 11 is 0. The minimum Gasteiger partial charge on any atom is -0.491 e. The van der Waals surface area contributed by atoms with E-state index in [1.807, 2.05) is 6.07 Å². The molecule has 4 rings (SSSR count). The van der Waals surface area contributed by atoms with Gasteiger partial charge in [0, 0.05) is 37.1 Å². The van der Waals surface area contributed by atoms with Crippen LogP contribution in [0, 0.1) is 0 Å². The number of aliphatic hydroxyl groups excluding tert-OH is 1. The Hall–Kier alpha value is -2.63. The van der Waals surface area contributed by atoms with Crippen LogP contribution < -0.4 is 9.64 Å². The summed E-state index contributed by atoms with van der Waals surface area (Å²) in [5, 5.41) is 11.6. The van der Waals surface area contributed by atoms with Gasteiger partial charge in [0.05, 0.1) is 12.3 Å². The third-order valence-corrected chi connectivity index (χ3v) is 6.12. The Kier molecular flexibility index (Phi) is 6.73. The predicted molar refractivity (Wildman–Crippen MR) is 128 cm³/mol. The van der Waals surface area contributed by atoms with Crippen molar-refractivity contribution in [2.75, 3.05) is 50.8 Å². The smallest absolute Gasteiger partial charge is 0.137 e. The topological polar surface area (TPSA) is 48.8 Å². The lowest BCUT2D eigenvalue weighted by molar-refractivity contribution is 0.200. The molecule has 1 fully saturated rings. The maximum atomic E-state index is 9.13. The Bertz CT molecular complexity index is 1030. The van der Waals surface area contributed by atoms with Gasteiger partial charge < -0.3 is 19.6 Å². The van der Waals surface area contributed by atoms with E-state index in [0.29, 0.717) is 12.5 Å². The van der Waals surface area contributed by atoms with Gasteiger partial charge in [-0.1, -0.05) is 45.0 Å². The van der Waals surface area contributed by atoms with E-state index in [0.717, 1.165) is 61.1 Å². The number of anilines is 1. The van der Waals surface area contributed by atoms with Crippen molar-refractivity contribution in [3.63, 3.8) is 0 Å². The number of hydrogen-bond acceptors (Lipinski definition) is 5. The summed E-state index contributed by atoms with van der Waals surface area (Å²) in [6.07, 6.45) is 0. The van der Waals surface area contributed by atoms with E-state index >= 15 is 0 Å². The van der Waals surface area contributed by atoms with Gasteiger partial charge in [-0.3, -0.25) is 0 Å². The van der Waals surface area contributed by atoms with Crippen LogP contribution in [0.5, 0.6) is 5.75 Å². The molecule has 1 aliphatic rings. The Morgan fingerprint density at radius 2 is 1.81 bits per heavy atom. The van der Waals surface area contributed by atoms with E-state index in [2.05, 4.69) is 73.0 Å². The normalized spacial score (nSPS) is 15.1. The molecular formula is C26H33N3O2. The Morgan fingerprint density at radius 3 is 2.52 bits per heavy atom. The standard InChI is InChI=1S/C26H33N3O2/c1-4-28-11-13-29(14-12-28)26-22-8-6-5-7-20(22)18-24(27-26)21-9-10-25(31-16-15-30)23(17-21)19(2)3/h5-10,17-19,30H,4,11-16H2,1-3H3. The van der Waals surface area contributed by atoms with Gasteiger partial charge in [0.15, 0.2) is 0 Å². The highest BCUT2D eigenvalue weighted by Gasteiger charge is 2.20. The largest absolute Gasteiger partial charge is 0.491 e. The molecule has 1 N–H and O–H groups in total. The second-order valence-corrected chi connectivity index (χ2v) is 8.45. The molecule has 1 aromatic heterocycles. The van der Waals surface area contributed by atoms with Crippen molar-refractivity contribution < 1.29 is 9.84 Å². The van der Waals surface area contributed by atoms with Gasteiger partial charge in [-0.25, -0.2) is 4.98 Å². The monoisotopic (exact) mass is 419 g/mol. The second-order valence-electron chi connectivity index (χ2n) is 8.45. The van der Waals surface area contributed by atoms with Gasteiger partial charge in [-0.15, -0.1) is 0 Å². The maximum absolute atomic E-state index is 9.13. The Morgan fingerprint density at radius 1 is 1.03 bits per heavy atom. The lowest BCUT2D eigenvalue weighted by atomic mass is 9.97. The number of aromatic nitrogens is 1. The number of piperazine rings is 1. The third kappa shape index (κ3) is 4.68. The van der Waals surface area contributed by atoms with Crippen LogP contribution in [-0.4, -0.2) is 60.9 Å². The van der Waals surface area contributed by atoms with E-state index in [1.54, 1.807) is 0 Å². The van der Waals surface area contributed by atoms with E-state index in [4.69, 9.17) is 14.8 Å². The van der Waals surface area contributed by atoms with Crippen LogP contribution in [-0.2, 0) is 0 Å². The summed E-state index contributed by atoms with van der Waals surface area (Å²) in [5.74, 6) is 2.23. The van der Waals surface area contributed by atoms with E-state index < -0.39 is 0 Å². The van der Waals surface area contributed by atoms with Gasteiger partial charge in [-0.2, -0.15) is 0 Å². The first kappa shape index (κ1) is 21.6. The van der Waals surface area contributed by atoms with Gasteiger partial charge in [0.2, 0.25) is 0 Å². The zero-order valence-electron chi connectivity index (χ0n) is 18.8. The van der Waals surface area contributed by atoms with E-state index in [9.17, 15) is 0 Å². The summed E-state index contributed by atoms with van der Waals surface area (Å²) < 4.78 is 5.76. The van der Waals surface area contributed by atoms with Crippen molar-refractivity contribution in [3.8, 4) is 17.0 Å². The number of likely N-dealkylation sites (N-methyl/N-ethyl adjacent to an activating group) is 1. The molecule has 0 bridgehead atoms. The summed E-state index contributed by atoms with van der Waals surface area (Å²) in [6.45, 7) is 12.1. The van der Waals surface area contributed by atoms with Crippen LogP contribution >= 0.6 is 0 Å². The van der Waals surface area contributed by atoms with Crippen molar-refractivity contribution in [1.82, 2.24) is 9.88 Å². The zero-order valence-corrected chi connectivity index (χ0v) is 18.8. The number of pyridine rings is 1. The number of rotatable bonds is 7. The molecule has 1 saturated heterocycles. The van der Waals surface area contributed by atoms with Crippen molar-refractivity contribution in [2.24, 2.45) is 0 Å². The molecule has 2 aromatic carbocycles. The zero-order chi connectivity index (χ0) is 21.8. The molecule has 164 valence electrons. The number of ether oxygens (including phenoxy) is 1. The first-order valence-corrected chi connectivity index (χ1v) is 11.4. The number of hydrogen-bond donors (Lipinski definition) is 1. The molecule has 5 heteroatoms. The molecule has 3 aromatic rings. The predicted octanol–water partition coefficient (Wildman–Crippen LogP) is 4.54. The van der Waals surface area contributed by atoms with E-state index in [-0.39, 0.29) is 6.61 Å². The molecule has 0 spiro atoms. The first-order valence-electron chi connectivity index (χ1n) is 11.4. The highest BCUT2D eigenvalue weighted by molar-refractivity contribution is 5.95. The molecule has 0 radical (unpaired) electrons. The van der Waals surface area contributed by atoms with Crippen LogP contribution in [0.25, 0.3) is 22.0 Å². The Balaban J connectivity index is 1.75. The van der Waals surface area contributed by atoms with Gasteiger partial charge in [-0.05, 0) is 47.7 Å². The highest BCUT2D eigenvalue weighted by Crippen LogP contribution is 2.34. The lowest BCUT2D eigenvalue weighted by Crippen LogP contribution is -2.46. The molecule has 1 aliphatic heterocycles. The van der Waals surface area contributed by atoms with Crippen molar-refractivity contribution in [1.29, 1.82) is 0 Å². The minimum atomic E-state index is 0.0141. The fourth-order valence-electron chi connectivity index (χ4n) is 4.29. The SMILES string of the molecule is CCN1CCN(c2nc(-c3ccc(OCCO)c(C(C)C)c3)cc3ccccc23)CC1. The highest BCUT2D eigenvalue weighted by atomic mass is 16.5. The second kappa shape index (κ2) is 9.67. The van der Waals surface area contributed by atoms with Gasteiger partial charge >= 0.3 is 0 Å². The molecule has 0 unspecified atom stereocenters. The maximum Gasteiger partial charge on any atom is 0.137 e. The number of nitrogens with zero attached hydrogens (tertiary/aromatic N) is 3. The van der Waals surface area contributed by atoms with Crippen molar-refractivity contribution in [3.05, 3.63) is 54.1 Å². The molecule has 0 saturated carbocycles. The van der Waals surface area contributed by atoms with Gasteiger partial charge in [0.25, 0.3) is 0 Å². The number of aliphatic hydroxyl groups is 1. The molecule has 0 aliphatic carbocycles. The van der Waals surface area contributed by atoms with Crippen LogP contribution in [0.1, 0.15) is 32.3 Å². The molecule has 2 heterocycles.